The molecule has 1 aromatic rings. The van der Waals surface area contributed by atoms with Crippen LogP contribution >= 0.6 is 0 Å². The highest BCUT2D eigenvalue weighted by molar-refractivity contribution is 7.85. The summed E-state index contributed by atoms with van der Waals surface area (Å²) in [6, 6.07) is 6.82. The zero-order valence-electron chi connectivity index (χ0n) is 8.93. The van der Waals surface area contributed by atoms with Gasteiger partial charge in [0, 0.05) is 5.56 Å². The molecule has 1 N–H and O–H groups in total. The smallest absolute Gasteiger partial charge is 0.371 e. The third-order valence-electron chi connectivity index (χ3n) is 2.33. The maximum Gasteiger partial charge on any atom is 0.383 e. The molecular weight excluding hydrogens is 226 g/mol. The average molecular weight is 239 g/mol. The maximum atomic E-state index is 11.4. The number of hydrogen-bond acceptors (Lipinski definition) is 3. The second-order valence-electron chi connectivity index (χ2n) is 3.91. The Kier molecular flexibility index (Phi) is 2.73. The molecule has 0 aliphatic carbocycles. The Labute approximate surface area is 95.2 Å². The van der Waals surface area contributed by atoms with E-state index in [4.69, 9.17) is 4.18 Å². The van der Waals surface area contributed by atoms with Crippen LogP contribution in [0.25, 0.3) is 0 Å². The first-order valence-corrected chi connectivity index (χ1v) is 6.34. The predicted molar refractivity (Wildman–Crippen MR) is 61.3 cm³/mol. The Morgan fingerprint density at radius 3 is 2.88 bits per heavy atom. The molecule has 1 aliphatic heterocycles. The number of rotatable bonds is 2. The number of hydrogen-bond donors (Lipinski definition) is 1. The number of benzene rings is 1. The predicted octanol–water partition coefficient (Wildman–Crippen LogP) is 1.92. The summed E-state index contributed by atoms with van der Waals surface area (Å²) in [7, 11) is -3.68. The largest absolute Gasteiger partial charge is 0.383 e. The van der Waals surface area contributed by atoms with Crippen molar-refractivity contribution in [1.82, 2.24) is 4.72 Å². The van der Waals surface area contributed by atoms with E-state index in [0.717, 1.165) is 11.1 Å². The van der Waals surface area contributed by atoms with Gasteiger partial charge < -0.3 is 4.18 Å². The quantitative estimate of drug-likeness (QED) is 0.802. The SMILES string of the molecule is C=C(C)C[C@@H]1NS(=O)(=O)Oc2ccccc21. The molecule has 2 rings (SSSR count). The van der Waals surface area contributed by atoms with Crippen LogP contribution in [0.4, 0.5) is 0 Å². The molecule has 0 amide bonds. The summed E-state index contributed by atoms with van der Waals surface area (Å²) in [4.78, 5) is 0. The van der Waals surface area contributed by atoms with E-state index in [9.17, 15) is 8.42 Å². The fraction of sp³-hybridized carbons (Fsp3) is 0.273. The topological polar surface area (TPSA) is 55.4 Å². The highest BCUT2D eigenvalue weighted by atomic mass is 32.2. The molecule has 0 saturated heterocycles. The molecule has 0 saturated carbocycles. The zero-order valence-corrected chi connectivity index (χ0v) is 9.75. The van der Waals surface area contributed by atoms with Gasteiger partial charge >= 0.3 is 10.3 Å². The molecule has 0 unspecified atom stereocenters. The summed E-state index contributed by atoms with van der Waals surface area (Å²) in [5.41, 5.74) is 1.77. The molecule has 5 heteroatoms. The lowest BCUT2D eigenvalue weighted by molar-refractivity contribution is 0.427. The van der Waals surface area contributed by atoms with Crippen molar-refractivity contribution >= 4 is 10.3 Å². The molecule has 1 heterocycles. The van der Waals surface area contributed by atoms with E-state index in [1.165, 1.54) is 0 Å². The third-order valence-corrected chi connectivity index (χ3v) is 3.31. The van der Waals surface area contributed by atoms with Crippen LogP contribution in [0.1, 0.15) is 24.9 Å². The van der Waals surface area contributed by atoms with Crippen LogP contribution in [0.2, 0.25) is 0 Å². The van der Waals surface area contributed by atoms with Crippen molar-refractivity contribution in [3.8, 4) is 5.75 Å². The van der Waals surface area contributed by atoms with Crippen molar-refractivity contribution < 1.29 is 12.6 Å². The summed E-state index contributed by atoms with van der Waals surface area (Å²) in [5, 5.41) is 0. The molecule has 1 aromatic carbocycles. The first-order valence-electron chi connectivity index (χ1n) is 4.93. The second-order valence-corrected chi connectivity index (χ2v) is 5.22. The minimum absolute atomic E-state index is 0.285. The third kappa shape index (κ3) is 2.25. The van der Waals surface area contributed by atoms with E-state index >= 15 is 0 Å². The van der Waals surface area contributed by atoms with Gasteiger partial charge in [-0.15, -0.1) is 6.58 Å². The number of para-hydroxylation sites is 1. The lowest BCUT2D eigenvalue weighted by Gasteiger charge is -2.26. The van der Waals surface area contributed by atoms with Gasteiger partial charge in [0.05, 0.1) is 6.04 Å². The van der Waals surface area contributed by atoms with Gasteiger partial charge in [-0.05, 0) is 19.4 Å². The lowest BCUT2D eigenvalue weighted by Crippen LogP contribution is -2.36. The first-order chi connectivity index (χ1) is 7.48. The van der Waals surface area contributed by atoms with Crippen molar-refractivity contribution in [1.29, 1.82) is 0 Å². The van der Waals surface area contributed by atoms with E-state index in [-0.39, 0.29) is 6.04 Å². The Morgan fingerprint density at radius 2 is 2.19 bits per heavy atom. The molecule has 0 spiro atoms. The van der Waals surface area contributed by atoms with Crippen molar-refractivity contribution in [3.63, 3.8) is 0 Å². The number of nitrogens with one attached hydrogen (secondary N) is 1. The molecule has 0 radical (unpaired) electrons. The molecule has 1 atom stereocenters. The monoisotopic (exact) mass is 239 g/mol. The average Bonchev–Trinajstić information content (AvgIpc) is 2.14. The molecule has 16 heavy (non-hydrogen) atoms. The Hall–Kier alpha value is -1.33. The summed E-state index contributed by atoms with van der Waals surface area (Å²) < 4.78 is 30.2. The normalized spacial score (nSPS) is 21.9. The van der Waals surface area contributed by atoms with Gasteiger partial charge in [-0.1, -0.05) is 23.8 Å². The number of fused-ring (bicyclic) bond motifs is 1. The fourth-order valence-corrected chi connectivity index (χ4v) is 2.72. The Bertz CT molecular complexity index is 522. The van der Waals surface area contributed by atoms with Gasteiger partial charge in [-0.3, -0.25) is 0 Å². The lowest BCUT2D eigenvalue weighted by atomic mass is 10.0. The standard InChI is InChI=1S/C11H13NO3S/c1-8(2)7-10-9-5-3-4-6-11(9)15-16(13,14)12-10/h3-6,10,12H,1,7H2,2H3/t10-/m0/s1. The van der Waals surface area contributed by atoms with Crippen LogP contribution < -0.4 is 8.91 Å². The molecule has 86 valence electrons. The van der Waals surface area contributed by atoms with E-state index in [2.05, 4.69) is 11.3 Å². The van der Waals surface area contributed by atoms with E-state index in [1.807, 2.05) is 19.1 Å². The maximum absolute atomic E-state index is 11.4. The van der Waals surface area contributed by atoms with Gasteiger partial charge in [0.15, 0.2) is 0 Å². The summed E-state index contributed by atoms with van der Waals surface area (Å²) in [6.07, 6.45) is 0.569. The highest BCUT2D eigenvalue weighted by Gasteiger charge is 2.29. The van der Waals surface area contributed by atoms with Crippen LogP contribution in [0, 0.1) is 0 Å². The molecule has 1 aliphatic rings. The summed E-state index contributed by atoms with van der Waals surface area (Å²) in [6.45, 7) is 5.66. The van der Waals surface area contributed by atoms with Crippen LogP contribution in [-0.4, -0.2) is 8.42 Å². The van der Waals surface area contributed by atoms with Crippen LogP contribution in [-0.2, 0) is 10.3 Å². The highest BCUT2D eigenvalue weighted by Crippen LogP contribution is 2.33. The van der Waals surface area contributed by atoms with E-state index in [0.29, 0.717) is 12.2 Å². The van der Waals surface area contributed by atoms with Gasteiger partial charge in [0.25, 0.3) is 0 Å². The van der Waals surface area contributed by atoms with Gasteiger partial charge in [0.1, 0.15) is 5.75 Å². The fourth-order valence-electron chi connectivity index (χ4n) is 1.72. The zero-order chi connectivity index (χ0) is 11.8. The van der Waals surface area contributed by atoms with Crippen LogP contribution in [0.15, 0.2) is 36.4 Å². The second kappa shape index (κ2) is 3.92. The minimum atomic E-state index is -3.68. The molecule has 0 aromatic heterocycles. The molecular formula is C11H13NO3S. The molecule has 0 fully saturated rings. The molecule has 4 nitrogen and oxygen atoms in total. The van der Waals surface area contributed by atoms with Crippen molar-refractivity contribution in [2.75, 3.05) is 0 Å². The van der Waals surface area contributed by atoms with Crippen LogP contribution in [0.5, 0.6) is 5.75 Å². The Balaban J connectivity index is 2.43. The summed E-state index contributed by atoms with van der Waals surface area (Å²) >= 11 is 0. The van der Waals surface area contributed by atoms with E-state index < -0.39 is 10.3 Å². The first kappa shape index (κ1) is 11.2. The van der Waals surface area contributed by atoms with E-state index in [1.54, 1.807) is 12.1 Å². The van der Waals surface area contributed by atoms with Crippen molar-refractivity contribution in [3.05, 3.63) is 42.0 Å². The van der Waals surface area contributed by atoms with Crippen molar-refractivity contribution in [2.45, 2.75) is 19.4 Å². The van der Waals surface area contributed by atoms with Crippen molar-refractivity contribution in [2.24, 2.45) is 0 Å². The molecule has 0 bridgehead atoms. The van der Waals surface area contributed by atoms with Gasteiger partial charge in [-0.25, -0.2) is 0 Å². The van der Waals surface area contributed by atoms with Crippen LogP contribution in [0.3, 0.4) is 0 Å². The summed E-state index contributed by atoms with van der Waals surface area (Å²) in [5.74, 6) is 0.396. The van der Waals surface area contributed by atoms with Gasteiger partial charge in [0.2, 0.25) is 0 Å². The van der Waals surface area contributed by atoms with Gasteiger partial charge in [-0.2, -0.15) is 13.1 Å². The Morgan fingerprint density at radius 1 is 1.50 bits per heavy atom. The minimum Gasteiger partial charge on any atom is -0.371 e.